The third-order valence-corrected chi connectivity index (χ3v) is 4.47. The maximum atomic E-state index is 12.1. The summed E-state index contributed by atoms with van der Waals surface area (Å²) in [5.74, 6) is 0.513. The third kappa shape index (κ3) is 1.93. The fraction of sp³-hybridized carbons (Fsp3) is 0.438. The summed E-state index contributed by atoms with van der Waals surface area (Å²) in [6.07, 6.45) is 4.27. The lowest BCUT2D eigenvalue weighted by atomic mass is 9.80. The first-order chi connectivity index (χ1) is 9.22. The SMILES string of the molecule is COC(=O)[C@H]1C([C@H](C)c2ccccc2)N2C=C[C@@H]1C2. The van der Waals surface area contributed by atoms with E-state index >= 15 is 0 Å². The molecule has 19 heavy (non-hydrogen) atoms. The van der Waals surface area contributed by atoms with Crippen LogP contribution in [0, 0.1) is 11.8 Å². The summed E-state index contributed by atoms with van der Waals surface area (Å²) in [5.41, 5.74) is 1.28. The lowest BCUT2D eigenvalue weighted by Crippen LogP contribution is -2.39. The molecule has 0 amide bonds. The van der Waals surface area contributed by atoms with Gasteiger partial charge >= 0.3 is 5.97 Å². The van der Waals surface area contributed by atoms with E-state index in [9.17, 15) is 4.79 Å². The Hall–Kier alpha value is -1.77. The standard InChI is InChI=1S/C16H19NO2/c1-11(12-6-4-3-5-7-12)15-14(16(18)19-2)13-8-9-17(15)10-13/h3-9,11,13-15H,10H2,1-2H3/t11-,13-,14-,15?/m1/s1. The number of rotatable bonds is 3. The van der Waals surface area contributed by atoms with Gasteiger partial charge in [-0.1, -0.05) is 43.3 Å². The molecule has 0 radical (unpaired) electrons. The van der Waals surface area contributed by atoms with Gasteiger partial charge in [-0.2, -0.15) is 0 Å². The molecule has 1 saturated heterocycles. The fourth-order valence-corrected chi connectivity index (χ4v) is 3.50. The predicted molar refractivity (Wildman–Crippen MR) is 73.5 cm³/mol. The normalized spacial score (nSPS) is 29.6. The fourth-order valence-electron chi connectivity index (χ4n) is 3.50. The molecule has 100 valence electrons. The Morgan fingerprint density at radius 2 is 2.11 bits per heavy atom. The molecule has 2 aliphatic rings. The maximum absolute atomic E-state index is 12.1. The van der Waals surface area contributed by atoms with Crippen LogP contribution in [-0.2, 0) is 9.53 Å². The minimum Gasteiger partial charge on any atom is -0.469 e. The Labute approximate surface area is 113 Å². The van der Waals surface area contributed by atoms with Crippen LogP contribution in [-0.4, -0.2) is 30.6 Å². The number of hydrogen-bond acceptors (Lipinski definition) is 3. The highest BCUT2D eigenvalue weighted by Gasteiger charge is 2.49. The number of fused-ring (bicyclic) bond motifs is 2. The second-order valence-electron chi connectivity index (χ2n) is 5.44. The molecule has 3 rings (SSSR count). The number of ether oxygens (including phenoxy) is 1. The van der Waals surface area contributed by atoms with Crippen LogP contribution >= 0.6 is 0 Å². The number of hydrogen-bond donors (Lipinski definition) is 0. The van der Waals surface area contributed by atoms with Crippen molar-refractivity contribution in [1.29, 1.82) is 0 Å². The molecule has 1 aromatic carbocycles. The molecule has 1 aromatic rings. The van der Waals surface area contributed by atoms with Crippen molar-refractivity contribution in [2.75, 3.05) is 13.7 Å². The summed E-state index contributed by atoms with van der Waals surface area (Å²) in [6.45, 7) is 3.14. The lowest BCUT2D eigenvalue weighted by Gasteiger charge is -2.33. The Balaban J connectivity index is 1.90. The van der Waals surface area contributed by atoms with Gasteiger partial charge in [0.25, 0.3) is 0 Å². The van der Waals surface area contributed by atoms with Crippen molar-refractivity contribution >= 4 is 5.97 Å². The van der Waals surface area contributed by atoms with Crippen molar-refractivity contribution in [2.45, 2.75) is 18.9 Å². The summed E-state index contributed by atoms with van der Waals surface area (Å²) in [5, 5.41) is 0. The van der Waals surface area contributed by atoms with E-state index in [1.165, 1.54) is 12.7 Å². The molecule has 3 nitrogen and oxygen atoms in total. The van der Waals surface area contributed by atoms with Crippen molar-refractivity contribution < 1.29 is 9.53 Å². The van der Waals surface area contributed by atoms with E-state index in [2.05, 4.69) is 48.4 Å². The zero-order valence-electron chi connectivity index (χ0n) is 11.3. The van der Waals surface area contributed by atoms with Gasteiger partial charge in [-0.3, -0.25) is 4.79 Å². The monoisotopic (exact) mass is 257 g/mol. The van der Waals surface area contributed by atoms with Crippen LogP contribution in [0.5, 0.6) is 0 Å². The number of benzene rings is 1. The number of carbonyl (C=O) groups excluding carboxylic acids is 1. The molecule has 0 N–H and O–H groups in total. The zero-order valence-corrected chi connectivity index (χ0v) is 11.3. The highest BCUT2D eigenvalue weighted by Crippen LogP contribution is 2.43. The molecule has 2 bridgehead atoms. The Bertz CT molecular complexity index is 497. The van der Waals surface area contributed by atoms with E-state index in [-0.39, 0.29) is 17.9 Å². The number of carbonyl (C=O) groups is 1. The number of nitrogens with zero attached hydrogens (tertiary/aromatic N) is 1. The first kappa shape index (κ1) is 12.3. The third-order valence-electron chi connectivity index (χ3n) is 4.47. The van der Waals surface area contributed by atoms with E-state index < -0.39 is 0 Å². The van der Waals surface area contributed by atoms with E-state index in [0.717, 1.165) is 6.54 Å². The number of methoxy groups -OCH3 is 1. The average Bonchev–Trinajstić information content (AvgIpc) is 3.07. The molecule has 2 heterocycles. The van der Waals surface area contributed by atoms with E-state index in [4.69, 9.17) is 4.74 Å². The molecule has 0 saturated carbocycles. The summed E-state index contributed by atoms with van der Waals surface area (Å²) in [7, 11) is 1.48. The van der Waals surface area contributed by atoms with Crippen LogP contribution in [0.15, 0.2) is 42.6 Å². The maximum Gasteiger partial charge on any atom is 0.311 e. The first-order valence-electron chi connectivity index (χ1n) is 6.79. The lowest BCUT2D eigenvalue weighted by molar-refractivity contribution is -0.147. The van der Waals surface area contributed by atoms with Crippen LogP contribution in [0.25, 0.3) is 0 Å². The van der Waals surface area contributed by atoms with Crippen LogP contribution < -0.4 is 0 Å². The highest BCUT2D eigenvalue weighted by atomic mass is 16.5. The van der Waals surface area contributed by atoms with Crippen LogP contribution in [0.1, 0.15) is 18.4 Å². The van der Waals surface area contributed by atoms with Crippen molar-refractivity contribution in [2.24, 2.45) is 11.8 Å². The van der Waals surface area contributed by atoms with E-state index in [1.54, 1.807) is 0 Å². The minimum absolute atomic E-state index is 0.0368. The van der Waals surface area contributed by atoms with Gasteiger partial charge in [-0.15, -0.1) is 0 Å². The zero-order chi connectivity index (χ0) is 13.4. The quantitative estimate of drug-likeness (QED) is 0.779. The summed E-state index contributed by atoms with van der Waals surface area (Å²) in [6, 6.07) is 10.6. The van der Waals surface area contributed by atoms with Gasteiger partial charge in [-0.05, 0) is 11.8 Å². The second kappa shape index (κ2) is 4.72. The van der Waals surface area contributed by atoms with E-state index in [1.807, 2.05) is 6.07 Å². The highest BCUT2D eigenvalue weighted by molar-refractivity contribution is 5.75. The Morgan fingerprint density at radius 3 is 2.79 bits per heavy atom. The molecular formula is C16H19NO2. The van der Waals surface area contributed by atoms with Gasteiger partial charge < -0.3 is 9.64 Å². The molecule has 3 heteroatoms. The van der Waals surface area contributed by atoms with Gasteiger partial charge in [0, 0.05) is 24.4 Å². The topological polar surface area (TPSA) is 29.5 Å². The molecule has 1 fully saturated rings. The molecule has 0 aromatic heterocycles. The molecule has 0 aliphatic carbocycles. The van der Waals surface area contributed by atoms with Crippen LogP contribution in [0.4, 0.5) is 0 Å². The minimum atomic E-state index is -0.0790. The molecular weight excluding hydrogens is 238 g/mol. The van der Waals surface area contributed by atoms with E-state index in [0.29, 0.717) is 11.8 Å². The van der Waals surface area contributed by atoms with Gasteiger partial charge in [0.15, 0.2) is 0 Å². The van der Waals surface area contributed by atoms with Crippen molar-refractivity contribution in [1.82, 2.24) is 4.90 Å². The number of esters is 1. The Kier molecular flexibility index (Phi) is 3.05. The van der Waals surface area contributed by atoms with Gasteiger partial charge in [0.2, 0.25) is 0 Å². The average molecular weight is 257 g/mol. The molecule has 1 unspecified atom stereocenters. The predicted octanol–water partition coefficient (Wildman–Crippen LogP) is 2.41. The van der Waals surface area contributed by atoms with Gasteiger partial charge in [0.05, 0.1) is 13.0 Å². The first-order valence-corrected chi connectivity index (χ1v) is 6.79. The van der Waals surface area contributed by atoms with Gasteiger partial charge in [-0.25, -0.2) is 0 Å². The summed E-state index contributed by atoms with van der Waals surface area (Å²) < 4.78 is 5.00. The molecule has 0 spiro atoms. The Morgan fingerprint density at radius 1 is 1.37 bits per heavy atom. The molecule has 2 aliphatic heterocycles. The molecule has 4 atom stereocenters. The van der Waals surface area contributed by atoms with Crippen molar-refractivity contribution in [3.63, 3.8) is 0 Å². The van der Waals surface area contributed by atoms with Crippen LogP contribution in [0.3, 0.4) is 0 Å². The second-order valence-corrected chi connectivity index (χ2v) is 5.44. The van der Waals surface area contributed by atoms with Crippen molar-refractivity contribution in [3.8, 4) is 0 Å². The van der Waals surface area contributed by atoms with Gasteiger partial charge in [0.1, 0.15) is 0 Å². The summed E-state index contributed by atoms with van der Waals surface area (Å²) >= 11 is 0. The smallest absolute Gasteiger partial charge is 0.311 e. The summed E-state index contributed by atoms with van der Waals surface area (Å²) in [4.78, 5) is 14.4. The van der Waals surface area contributed by atoms with Crippen molar-refractivity contribution in [3.05, 3.63) is 48.2 Å². The largest absolute Gasteiger partial charge is 0.469 e. The van der Waals surface area contributed by atoms with Crippen LogP contribution in [0.2, 0.25) is 0 Å².